The molecule has 0 aliphatic carbocycles. The number of morpholine rings is 1. The van der Waals surface area contributed by atoms with Gasteiger partial charge in [-0.2, -0.15) is 0 Å². The van der Waals surface area contributed by atoms with Crippen molar-refractivity contribution in [1.29, 1.82) is 0 Å². The molecule has 2 N–H and O–H groups in total. The van der Waals surface area contributed by atoms with Gasteiger partial charge in [0, 0.05) is 25.4 Å². The van der Waals surface area contributed by atoms with Crippen LogP contribution in [0.3, 0.4) is 0 Å². The highest BCUT2D eigenvalue weighted by Gasteiger charge is 2.19. The fraction of sp³-hybridized carbons (Fsp3) is 0.368. The predicted octanol–water partition coefficient (Wildman–Crippen LogP) is 0.788. The summed E-state index contributed by atoms with van der Waals surface area (Å²) in [5.41, 5.74) is 1.77. The third kappa shape index (κ3) is 4.29. The van der Waals surface area contributed by atoms with E-state index in [0.29, 0.717) is 22.9 Å². The quantitative estimate of drug-likeness (QED) is 0.614. The molecular weight excluding hydrogens is 362 g/mol. The molecule has 4 rings (SSSR count). The molecule has 1 aliphatic heterocycles. The Morgan fingerprint density at radius 2 is 2.00 bits per heavy atom. The van der Waals surface area contributed by atoms with E-state index in [-0.39, 0.29) is 5.91 Å². The molecule has 2 aromatic heterocycles. The Kier molecular flexibility index (Phi) is 5.66. The summed E-state index contributed by atoms with van der Waals surface area (Å²) in [4.78, 5) is 27.4. The number of ether oxygens (including phenoxy) is 1. The molecule has 27 heavy (non-hydrogen) atoms. The SMILES string of the molecule is O=C(NCCC[NH+]1CCOCC1)c1nccnc1-c1nc2ccccc2s1. The molecule has 0 saturated carbocycles. The summed E-state index contributed by atoms with van der Waals surface area (Å²) in [7, 11) is 0. The van der Waals surface area contributed by atoms with Gasteiger partial charge in [0.2, 0.25) is 0 Å². The molecule has 1 amide bonds. The number of rotatable bonds is 6. The van der Waals surface area contributed by atoms with Gasteiger partial charge in [0.1, 0.15) is 23.8 Å². The highest BCUT2D eigenvalue weighted by Crippen LogP contribution is 2.29. The zero-order valence-electron chi connectivity index (χ0n) is 15.0. The fourth-order valence-corrected chi connectivity index (χ4v) is 4.13. The summed E-state index contributed by atoms with van der Waals surface area (Å²) in [5.74, 6) is -0.200. The number of quaternary nitrogens is 1. The van der Waals surface area contributed by atoms with Gasteiger partial charge in [-0.3, -0.25) is 4.79 Å². The standard InChI is InChI=1S/C19H21N5O2S/c25-18(22-6-3-9-24-10-12-26-13-11-24)16-17(21-8-7-20-16)19-23-14-4-1-2-5-15(14)27-19/h1-2,4-5,7-8H,3,6,9-13H2,(H,22,25)/p+1. The lowest BCUT2D eigenvalue weighted by molar-refractivity contribution is -0.908. The van der Waals surface area contributed by atoms with Crippen LogP contribution < -0.4 is 10.2 Å². The molecule has 8 heteroatoms. The topological polar surface area (TPSA) is 81.4 Å². The Morgan fingerprint density at radius 3 is 2.85 bits per heavy atom. The van der Waals surface area contributed by atoms with E-state index in [9.17, 15) is 4.79 Å². The van der Waals surface area contributed by atoms with E-state index in [0.717, 1.165) is 49.5 Å². The van der Waals surface area contributed by atoms with Crippen molar-refractivity contribution >= 4 is 27.5 Å². The molecule has 7 nitrogen and oxygen atoms in total. The Bertz CT molecular complexity index is 890. The molecule has 0 atom stereocenters. The average molecular weight is 384 g/mol. The van der Waals surface area contributed by atoms with Crippen LogP contribution in [-0.2, 0) is 4.74 Å². The second-order valence-electron chi connectivity index (χ2n) is 6.46. The minimum Gasteiger partial charge on any atom is -0.370 e. The summed E-state index contributed by atoms with van der Waals surface area (Å²) >= 11 is 1.52. The normalized spacial score (nSPS) is 15.1. The van der Waals surface area contributed by atoms with Crippen molar-refractivity contribution in [3.05, 3.63) is 42.4 Å². The zero-order valence-corrected chi connectivity index (χ0v) is 15.8. The zero-order chi connectivity index (χ0) is 18.5. The largest absolute Gasteiger partial charge is 0.370 e. The van der Waals surface area contributed by atoms with Crippen LogP contribution in [0.5, 0.6) is 0 Å². The number of hydrogen-bond donors (Lipinski definition) is 2. The number of nitrogens with one attached hydrogen (secondary N) is 2. The monoisotopic (exact) mass is 384 g/mol. The van der Waals surface area contributed by atoms with Crippen LogP contribution in [0.4, 0.5) is 0 Å². The van der Waals surface area contributed by atoms with Crippen LogP contribution in [0.2, 0.25) is 0 Å². The van der Waals surface area contributed by atoms with Crippen LogP contribution in [0, 0.1) is 0 Å². The highest BCUT2D eigenvalue weighted by atomic mass is 32.1. The van der Waals surface area contributed by atoms with E-state index < -0.39 is 0 Å². The summed E-state index contributed by atoms with van der Waals surface area (Å²) in [6.07, 6.45) is 4.07. The first kappa shape index (κ1) is 18.0. The molecule has 3 aromatic rings. The van der Waals surface area contributed by atoms with Crippen molar-refractivity contribution in [2.45, 2.75) is 6.42 Å². The maximum atomic E-state index is 12.6. The van der Waals surface area contributed by atoms with Gasteiger partial charge in [0.05, 0.1) is 30.0 Å². The van der Waals surface area contributed by atoms with E-state index in [1.165, 1.54) is 16.2 Å². The number of benzene rings is 1. The lowest BCUT2D eigenvalue weighted by atomic mass is 10.2. The second-order valence-corrected chi connectivity index (χ2v) is 7.49. The first-order valence-corrected chi connectivity index (χ1v) is 9.99. The molecule has 1 saturated heterocycles. The Morgan fingerprint density at radius 1 is 1.19 bits per heavy atom. The molecule has 0 radical (unpaired) electrons. The molecule has 0 bridgehead atoms. The number of carbonyl (C=O) groups excluding carboxylic acids is 1. The Hall–Kier alpha value is -2.42. The summed E-state index contributed by atoms with van der Waals surface area (Å²) in [5, 5.41) is 3.69. The van der Waals surface area contributed by atoms with Gasteiger partial charge >= 0.3 is 0 Å². The second kappa shape index (κ2) is 8.51. The van der Waals surface area contributed by atoms with Crippen molar-refractivity contribution in [1.82, 2.24) is 20.3 Å². The molecule has 140 valence electrons. The molecule has 0 spiro atoms. The predicted molar refractivity (Wildman–Crippen MR) is 104 cm³/mol. The molecule has 1 aliphatic rings. The van der Waals surface area contributed by atoms with Crippen LogP contribution in [0.15, 0.2) is 36.7 Å². The molecule has 3 heterocycles. The van der Waals surface area contributed by atoms with Crippen molar-refractivity contribution < 1.29 is 14.4 Å². The van der Waals surface area contributed by atoms with E-state index in [4.69, 9.17) is 4.74 Å². The third-order valence-corrected chi connectivity index (χ3v) is 5.65. The van der Waals surface area contributed by atoms with Crippen LogP contribution in [0.25, 0.3) is 20.9 Å². The third-order valence-electron chi connectivity index (χ3n) is 4.60. The van der Waals surface area contributed by atoms with E-state index in [1.807, 2.05) is 24.3 Å². The summed E-state index contributed by atoms with van der Waals surface area (Å²) in [6, 6.07) is 7.90. The number of carbonyl (C=O) groups is 1. The maximum Gasteiger partial charge on any atom is 0.272 e. The Balaban J connectivity index is 1.41. The molecule has 1 fully saturated rings. The number of para-hydroxylation sites is 1. The van der Waals surface area contributed by atoms with Crippen molar-refractivity contribution in [2.75, 3.05) is 39.4 Å². The maximum absolute atomic E-state index is 12.6. The van der Waals surface area contributed by atoms with Crippen LogP contribution in [0.1, 0.15) is 16.9 Å². The first-order chi connectivity index (χ1) is 13.3. The molecule has 1 aromatic carbocycles. The first-order valence-electron chi connectivity index (χ1n) is 9.18. The van der Waals surface area contributed by atoms with Gasteiger partial charge < -0.3 is 15.0 Å². The average Bonchev–Trinajstić information content (AvgIpc) is 3.16. The van der Waals surface area contributed by atoms with Gasteiger partial charge in [-0.1, -0.05) is 12.1 Å². The van der Waals surface area contributed by atoms with Gasteiger partial charge in [0.25, 0.3) is 5.91 Å². The van der Waals surface area contributed by atoms with E-state index >= 15 is 0 Å². The van der Waals surface area contributed by atoms with Gasteiger partial charge in [-0.25, -0.2) is 15.0 Å². The van der Waals surface area contributed by atoms with E-state index in [1.54, 1.807) is 12.4 Å². The molecular formula is C19H22N5O2S+. The van der Waals surface area contributed by atoms with Crippen molar-refractivity contribution in [2.24, 2.45) is 0 Å². The van der Waals surface area contributed by atoms with E-state index in [2.05, 4.69) is 20.3 Å². The minimum absolute atomic E-state index is 0.200. The smallest absolute Gasteiger partial charge is 0.272 e. The van der Waals surface area contributed by atoms with Gasteiger partial charge in [-0.05, 0) is 12.1 Å². The lowest BCUT2D eigenvalue weighted by Gasteiger charge is -2.23. The fourth-order valence-electron chi connectivity index (χ4n) is 3.17. The lowest BCUT2D eigenvalue weighted by Crippen LogP contribution is -3.14. The summed E-state index contributed by atoms with van der Waals surface area (Å²) < 4.78 is 6.44. The highest BCUT2D eigenvalue weighted by molar-refractivity contribution is 7.21. The van der Waals surface area contributed by atoms with Gasteiger partial charge in [-0.15, -0.1) is 11.3 Å². The number of amides is 1. The van der Waals surface area contributed by atoms with Crippen molar-refractivity contribution in [3.63, 3.8) is 0 Å². The van der Waals surface area contributed by atoms with Crippen LogP contribution >= 0.6 is 11.3 Å². The van der Waals surface area contributed by atoms with Gasteiger partial charge in [0.15, 0.2) is 5.69 Å². The molecule has 0 unspecified atom stereocenters. The number of aromatic nitrogens is 3. The number of hydrogen-bond acceptors (Lipinski definition) is 6. The van der Waals surface area contributed by atoms with Crippen molar-refractivity contribution in [3.8, 4) is 10.7 Å². The minimum atomic E-state index is -0.200. The number of nitrogens with zero attached hydrogens (tertiary/aromatic N) is 3. The van der Waals surface area contributed by atoms with Crippen LogP contribution in [-0.4, -0.2) is 60.3 Å². The number of thiazole rings is 1. The number of fused-ring (bicyclic) bond motifs is 1. The Labute approximate surface area is 161 Å². The summed E-state index contributed by atoms with van der Waals surface area (Å²) in [6.45, 7) is 5.40.